The van der Waals surface area contributed by atoms with Crippen molar-refractivity contribution in [2.24, 2.45) is 11.5 Å². The van der Waals surface area contributed by atoms with E-state index < -0.39 is 18.2 Å². The second-order valence-electron chi connectivity index (χ2n) is 11.8. The minimum Gasteiger partial charge on any atom is -0.471 e. The number of benzene rings is 2. The van der Waals surface area contributed by atoms with E-state index in [9.17, 15) is 0 Å². The van der Waals surface area contributed by atoms with E-state index in [2.05, 4.69) is 33.2 Å². The number of hydrogen-bond donors (Lipinski definition) is 2. The summed E-state index contributed by atoms with van der Waals surface area (Å²) in [6, 6.07) is 14.2. The van der Waals surface area contributed by atoms with Gasteiger partial charge in [-0.15, -0.1) is 0 Å². The van der Waals surface area contributed by atoms with E-state index in [0.29, 0.717) is 60.9 Å². The topological polar surface area (TPSA) is 86.6 Å². The molecule has 7 nitrogen and oxygen atoms in total. The van der Waals surface area contributed by atoms with Crippen LogP contribution in [0.1, 0.15) is 42.1 Å². The average molecular weight is 571 g/mol. The van der Waals surface area contributed by atoms with E-state index in [-0.39, 0.29) is 12.1 Å². The van der Waals surface area contributed by atoms with Gasteiger partial charge in [-0.25, -0.2) is 4.98 Å². The Bertz CT molecular complexity index is 1300. The number of halogens is 2. The van der Waals surface area contributed by atoms with Crippen LogP contribution < -0.4 is 16.2 Å². The Morgan fingerprint density at radius 2 is 1.93 bits per heavy atom. The number of fused-ring (bicyclic) bond motifs is 2. The van der Waals surface area contributed by atoms with Crippen molar-refractivity contribution in [1.82, 2.24) is 9.88 Å². The molecule has 2 atom stereocenters. The standard InChI is InChI=1S/C32H46F2N5O2/c1-5-6-13-26-19-24-11-7-8-14-27(24)31(37-26)41-18-16-39(3,4)22-29(40-17-15-35)38-20-25-12-9-10-23(2)30(25)32(33,34)28(36)21-38/h7-12,14,19,28-29H,5-6,13,15-18,20-22,35-36H2,1-4H3/q+1. The van der Waals surface area contributed by atoms with Crippen molar-refractivity contribution in [3.05, 3.63) is 70.9 Å². The highest BCUT2D eigenvalue weighted by atomic mass is 19.3. The summed E-state index contributed by atoms with van der Waals surface area (Å²) < 4.78 is 43.9. The van der Waals surface area contributed by atoms with Crippen molar-refractivity contribution in [2.45, 2.75) is 57.8 Å². The van der Waals surface area contributed by atoms with Gasteiger partial charge < -0.3 is 25.4 Å². The third-order valence-electron chi connectivity index (χ3n) is 7.93. The number of unbranched alkanes of at least 4 members (excludes halogenated alkanes) is 1. The van der Waals surface area contributed by atoms with Crippen molar-refractivity contribution < 1.29 is 22.7 Å². The lowest BCUT2D eigenvalue weighted by Crippen LogP contribution is -2.56. The maximum absolute atomic E-state index is 15.4. The van der Waals surface area contributed by atoms with Gasteiger partial charge in [0.25, 0.3) is 5.92 Å². The quantitative estimate of drug-likeness (QED) is 0.293. The number of aryl methyl sites for hydroxylation is 2. The minimum absolute atomic E-state index is 0.00726. The van der Waals surface area contributed by atoms with Crippen molar-refractivity contribution in [1.29, 1.82) is 0 Å². The van der Waals surface area contributed by atoms with Gasteiger partial charge in [0.2, 0.25) is 5.88 Å². The van der Waals surface area contributed by atoms with E-state index in [4.69, 9.17) is 25.9 Å². The number of aromatic nitrogens is 1. The van der Waals surface area contributed by atoms with Gasteiger partial charge in [-0.3, -0.25) is 4.90 Å². The summed E-state index contributed by atoms with van der Waals surface area (Å²) in [6.07, 6.45) is 2.65. The highest BCUT2D eigenvalue weighted by Gasteiger charge is 2.46. The van der Waals surface area contributed by atoms with Crippen LogP contribution in [0.3, 0.4) is 0 Å². The maximum Gasteiger partial charge on any atom is 0.289 e. The SMILES string of the molecule is CCCCc1cc2ccccc2c(OCC[N+](C)(C)CC(OCCN)N2Cc3cccc(C)c3C(F)(F)C(N)C2)n1. The lowest BCUT2D eigenvalue weighted by molar-refractivity contribution is -0.895. The number of quaternary nitrogens is 1. The first-order valence-electron chi connectivity index (χ1n) is 14.7. The molecule has 2 heterocycles. The monoisotopic (exact) mass is 570 g/mol. The summed E-state index contributed by atoms with van der Waals surface area (Å²) in [5, 5.41) is 2.12. The molecule has 0 saturated carbocycles. The molecular weight excluding hydrogens is 524 g/mol. The molecule has 1 aromatic heterocycles. The molecule has 41 heavy (non-hydrogen) atoms. The fraction of sp³-hybridized carbons (Fsp3) is 0.531. The summed E-state index contributed by atoms with van der Waals surface area (Å²) in [6.45, 7) is 6.56. The Balaban J connectivity index is 1.49. The first-order chi connectivity index (χ1) is 19.6. The Hall–Kier alpha value is -2.69. The van der Waals surface area contributed by atoms with E-state index in [1.807, 2.05) is 29.2 Å². The summed E-state index contributed by atoms with van der Waals surface area (Å²) in [4.78, 5) is 6.77. The molecule has 0 saturated heterocycles. The Kier molecular flexibility index (Phi) is 10.3. The molecule has 1 aliphatic rings. The maximum atomic E-state index is 15.4. The zero-order valence-corrected chi connectivity index (χ0v) is 24.9. The van der Waals surface area contributed by atoms with Gasteiger partial charge in [0, 0.05) is 36.3 Å². The molecule has 0 bridgehead atoms. The summed E-state index contributed by atoms with van der Waals surface area (Å²) in [7, 11) is 4.19. The third kappa shape index (κ3) is 7.59. The van der Waals surface area contributed by atoms with Crippen LogP contribution in [0, 0.1) is 6.92 Å². The first kappa shape index (κ1) is 31.3. The number of alkyl halides is 2. The number of pyridine rings is 1. The van der Waals surface area contributed by atoms with Crippen LogP contribution in [-0.2, 0) is 23.6 Å². The molecular formula is C32H46F2N5O2+. The molecule has 0 aliphatic carbocycles. The van der Waals surface area contributed by atoms with Crippen molar-refractivity contribution in [2.75, 3.05) is 53.5 Å². The fourth-order valence-corrected chi connectivity index (χ4v) is 5.59. The second-order valence-corrected chi connectivity index (χ2v) is 11.8. The minimum atomic E-state index is -3.13. The van der Waals surface area contributed by atoms with E-state index in [1.54, 1.807) is 19.1 Å². The molecule has 0 amide bonds. The highest BCUT2D eigenvalue weighted by Crippen LogP contribution is 2.39. The number of likely N-dealkylation sites (N-methyl/N-ethyl adjacent to an activating group) is 1. The first-order valence-corrected chi connectivity index (χ1v) is 14.7. The van der Waals surface area contributed by atoms with E-state index in [1.165, 1.54) is 0 Å². The lowest BCUT2D eigenvalue weighted by Gasteiger charge is -2.38. The largest absolute Gasteiger partial charge is 0.471 e. The molecule has 1 aliphatic heterocycles. The van der Waals surface area contributed by atoms with Gasteiger partial charge in [0.05, 0.1) is 26.7 Å². The third-order valence-corrected chi connectivity index (χ3v) is 7.93. The van der Waals surface area contributed by atoms with Crippen molar-refractivity contribution in [3.63, 3.8) is 0 Å². The van der Waals surface area contributed by atoms with Gasteiger partial charge in [-0.05, 0) is 48.4 Å². The fourth-order valence-electron chi connectivity index (χ4n) is 5.59. The molecule has 0 spiro atoms. The van der Waals surface area contributed by atoms with Crippen LogP contribution in [0.15, 0.2) is 48.5 Å². The number of hydrogen-bond acceptors (Lipinski definition) is 6. The molecule has 2 unspecified atom stereocenters. The molecule has 224 valence electrons. The van der Waals surface area contributed by atoms with E-state index in [0.717, 1.165) is 35.7 Å². The van der Waals surface area contributed by atoms with E-state index >= 15 is 8.78 Å². The molecule has 0 fully saturated rings. The highest BCUT2D eigenvalue weighted by molar-refractivity contribution is 5.87. The number of rotatable bonds is 13. The average Bonchev–Trinajstić information content (AvgIpc) is 3.03. The van der Waals surface area contributed by atoms with Crippen LogP contribution >= 0.6 is 0 Å². The number of ether oxygens (including phenoxy) is 2. The van der Waals surface area contributed by atoms with Crippen LogP contribution in [-0.4, -0.2) is 80.1 Å². The molecule has 4 N–H and O–H groups in total. The van der Waals surface area contributed by atoms with Crippen LogP contribution in [0.4, 0.5) is 8.78 Å². The summed E-state index contributed by atoms with van der Waals surface area (Å²) >= 11 is 0. The lowest BCUT2D eigenvalue weighted by atomic mass is 9.94. The normalized spacial score (nSPS) is 18.2. The Labute approximate surface area is 243 Å². The summed E-state index contributed by atoms with van der Waals surface area (Å²) in [5.41, 5.74) is 14.1. The van der Waals surface area contributed by atoms with Crippen LogP contribution in [0.2, 0.25) is 0 Å². The van der Waals surface area contributed by atoms with Crippen LogP contribution in [0.25, 0.3) is 10.8 Å². The second kappa shape index (κ2) is 13.5. The van der Waals surface area contributed by atoms with Gasteiger partial charge >= 0.3 is 0 Å². The van der Waals surface area contributed by atoms with Crippen LogP contribution in [0.5, 0.6) is 5.88 Å². The smallest absolute Gasteiger partial charge is 0.289 e. The van der Waals surface area contributed by atoms with Crippen molar-refractivity contribution in [3.8, 4) is 5.88 Å². The molecule has 2 aromatic carbocycles. The van der Waals surface area contributed by atoms with Gasteiger partial charge in [0.1, 0.15) is 19.7 Å². The predicted octanol–water partition coefficient (Wildman–Crippen LogP) is 4.58. The molecule has 3 aromatic rings. The molecule has 0 radical (unpaired) electrons. The van der Waals surface area contributed by atoms with Gasteiger partial charge in [-0.2, -0.15) is 8.78 Å². The number of nitrogens with two attached hydrogens (primary N) is 2. The predicted molar refractivity (Wildman–Crippen MR) is 160 cm³/mol. The molecule has 4 rings (SSSR count). The summed E-state index contributed by atoms with van der Waals surface area (Å²) in [5.74, 6) is -2.48. The zero-order valence-electron chi connectivity index (χ0n) is 24.9. The number of nitrogens with zero attached hydrogens (tertiary/aromatic N) is 3. The van der Waals surface area contributed by atoms with Crippen molar-refractivity contribution >= 4 is 10.8 Å². The Morgan fingerprint density at radius 3 is 2.68 bits per heavy atom. The molecule has 9 heteroatoms. The van der Waals surface area contributed by atoms with Gasteiger partial charge in [0.15, 0.2) is 6.23 Å². The Morgan fingerprint density at radius 1 is 1.15 bits per heavy atom. The zero-order chi connectivity index (χ0) is 29.6. The van der Waals surface area contributed by atoms with Gasteiger partial charge in [-0.1, -0.05) is 49.7 Å².